The third-order valence-corrected chi connectivity index (χ3v) is 2.85. The van der Waals surface area contributed by atoms with Crippen molar-refractivity contribution < 1.29 is 5.11 Å². The van der Waals surface area contributed by atoms with Gasteiger partial charge in [-0.15, -0.1) is 0 Å². The van der Waals surface area contributed by atoms with Gasteiger partial charge in [-0.3, -0.25) is 0 Å². The Morgan fingerprint density at radius 1 is 1.60 bits per heavy atom. The first-order chi connectivity index (χ1) is 4.55. The van der Waals surface area contributed by atoms with Crippen LogP contribution in [0, 0.1) is 5.92 Å². The second kappa shape index (κ2) is 2.51. The number of aliphatic hydroxyl groups is 1. The first-order valence-corrected chi connectivity index (χ1v) is 4.03. The molecule has 0 radical (unpaired) electrons. The highest BCUT2D eigenvalue weighted by Crippen LogP contribution is 2.37. The molecule has 2 heteroatoms. The van der Waals surface area contributed by atoms with Crippen molar-refractivity contribution in [1.82, 2.24) is 0 Å². The zero-order valence-corrected chi connectivity index (χ0v) is 6.80. The van der Waals surface area contributed by atoms with Gasteiger partial charge in [-0.05, 0) is 32.6 Å². The molecule has 0 saturated heterocycles. The summed E-state index contributed by atoms with van der Waals surface area (Å²) in [6.45, 7) is 3.72. The maximum atomic E-state index is 9.79. The molecule has 2 unspecified atom stereocenters. The van der Waals surface area contributed by atoms with Crippen molar-refractivity contribution in [2.75, 3.05) is 0 Å². The van der Waals surface area contributed by atoms with Gasteiger partial charge in [0.1, 0.15) is 0 Å². The normalized spacial score (nSPS) is 28.8. The van der Waals surface area contributed by atoms with E-state index in [-0.39, 0.29) is 6.04 Å². The molecule has 1 saturated carbocycles. The quantitative estimate of drug-likeness (QED) is 0.603. The monoisotopic (exact) mass is 143 g/mol. The Morgan fingerprint density at radius 3 is 2.20 bits per heavy atom. The standard InChI is InChI=1S/C8H17NO/c1-6(9)8(2,10)7-4-3-5-7/h6-7,10H,3-5,9H2,1-2H3. The average molecular weight is 143 g/mol. The topological polar surface area (TPSA) is 46.2 Å². The van der Waals surface area contributed by atoms with Crippen LogP contribution in [0.15, 0.2) is 0 Å². The van der Waals surface area contributed by atoms with E-state index in [1.807, 2.05) is 13.8 Å². The van der Waals surface area contributed by atoms with Crippen LogP contribution < -0.4 is 5.73 Å². The molecule has 1 fully saturated rings. The molecule has 2 nitrogen and oxygen atoms in total. The smallest absolute Gasteiger partial charge is 0.0795 e. The number of hydrogen-bond acceptors (Lipinski definition) is 2. The van der Waals surface area contributed by atoms with Gasteiger partial charge in [0.25, 0.3) is 0 Å². The number of nitrogens with two attached hydrogens (primary N) is 1. The second-order valence-electron chi connectivity index (χ2n) is 3.64. The molecule has 1 aliphatic rings. The molecular weight excluding hydrogens is 126 g/mol. The molecule has 3 N–H and O–H groups in total. The van der Waals surface area contributed by atoms with Crippen molar-refractivity contribution in [3.05, 3.63) is 0 Å². The highest BCUT2D eigenvalue weighted by atomic mass is 16.3. The third-order valence-electron chi connectivity index (χ3n) is 2.85. The minimum absolute atomic E-state index is 0.0993. The van der Waals surface area contributed by atoms with E-state index in [0.29, 0.717) is 5.92 Å². The van der Waals surface area contributed by atoms with Crippen LogP contribution in [0.5, 0.6) is 0 Å². The molecule has 0 spiro atoms. The summed E-state index contributed by atoms with van der Waals surface area (Å²) in [5.41, 5.74) is 5.00. The predicted octanol–water partition coefficient (Wildman–Crippen LogP) is 0.885. The minimum atomic E-state index is -0.627. The summed E-state index contributed by atoms with van der Waals surface area (Å²) in [6.07, 6.45) is 3.55. The van der Waals surface area contributed by atoms with Crippen molar-refractivity contribution in [2.45, 2.75) is 44.8 Å². The number of rotatable bonds is 2. The van der Waals surface area contributed by atoms with E-state index in [0.717, 1.165) is 12.8 Å². The van der Waals surface area contributed by atoms with E-state index in [4.69, 9.17) is 5.73 Å². The Balaban J connectivity index is 2.48. The largest absolute Gasteiger partial charge is 0.388 e. The Morgan fingerprint density at radius 2 is 2.10 bits per heavy atom. The summed E-state index contributed by atoms with van der Waals surface area (Å²) in [5, 5.41) is 9.79. The van der Waals surface area contributed by atoms with Crippen molar-refractivity contribution >= 4 is 0 Å². The van der Waals surface area contributed by atoms with Crippen LogP contribution in [0.2, 0.25) is 0 Å². The minimum Gasteiger partial charge on any atom is -0.388 e. The third kappa shape index (κ3) is 1.18. The highest BCUT2D eigenvalue weighted by Gasteiger charge is 2.38. The Bertz CT molecular complexity index is 116. The van der Waals surface area contributed by atoms with E-state index in [2.05, 4.69) is 0 Å². The van der Waals surface area contributed by atoms with Crippen LogP contribution in [0.4, 0.5) is 0 Å². The molecule has 0 aromatic carbocycles. The molecule has 0 bridgehead atoms. The van der Waals surface area contributed by atoms with Crippen LogP contribution in [0.3, 0.4) is 0 Å². The summed E-state index contributed by atoms with van der Waals surface area (Å²) in [7, 11) is 0. The maximum Gasteiger partial charge on any atom is 0.0795 e. The van der Waals surface area contributed by atoms with E-state index in [1.165, 1.54) is 6.42 Å². The molecular formula is C8H17NO. The van der Waals surface area contributed by atoms with Gasteiger partial charge in [-0.2, -0.15) is 0 Å². The molecule has 1 rings (SSSR count). The van der Waals surface area contributed by atoms with E-state index >= 15 is 0 Å². The maximum absolute atomic E-state index is 9.79. The molecule has 0 aromatic heterocycles. The number of hydrogen-bond donors (Lipinski definition) is 2. The first-order valence-electron chi connectivity index (χ1n) is 4.03. The van der Waals surface area contributed by atoms with E-state index in [9.17, 15) is 5.11 Å². The van der Waals surface area contributed by atoms with Crippen LogP contribution in [-0.4, -0.2) is 16.7 Å². The zero-order chi connectivity index (χ0) is 7.78. The summed E-state index contributed by atoms with van der Waals surface area (Å²) >= 11 is 0. The molecule has 0 aliphatic heterocycles. The summed E-state index contributed by atoms with van der Waals surface area (Å²) in [4.78, 5) is 0. The lowest BCUT2D eigenvalue weighted by Gasteiger charge is -2.41. The molecule has 0 amide bonds. The summed E-state index contributed by atoms with van der Waals surface area (Å²) in [5.74, 6) is 0.451. The summed E-state index contributed by atoms with van der Waals surface area (Å²) in [6, 6.07) is -0.0993. The Labute approximate surface area is 62.4 Å². The van der Waals surface area contributed by atoms with Gasteiger partial charge >= 0.3 is 0 Å². The van der Waals surface area contributed by atoms with Crippen molar-refractivity contribution in [1.29, 1.82) is 0 Å². The van der Waals surface area contributed by atoms with Crippen molar-refractivity contribution in [3.8, 4) is 0 Å². The van der Waals surface area contributed by atoms with E-state index in [1.54, 1.807) is 0 Å². The van der Waals surface area contributed by atoms with Crippen molar-refractivity contribution in [2.24, 2.45) is 11.7 Å². The molecule has 10 heavy (non-hydrogen) atoms. The van der Waals surface area contributed by atoms with Crippen LogP contribution >= 0.6 is 0 Å². The lowest BCUT2D eigenvalue weighted by atomic mass is 9.71. The van der Waals surface area contributed by atoms with Crippen molar-refractivity contribution in [3.63, 3.8) is 0 Å². The van der Waals surface area contributed by atoms with Gasteiger partial charge in [0.2, 0.25) is 0 Å². The Hall–Kier alpha value is -0.0800. The first kappa shape index (κ1) is 8.02. The lowest BCUT2D eigenvalue weighted by Crippen LogP contribution is -2.51. The molecule has 60 valence electrons. The van der Waals surface area contributed by atoms with Gasteiger partial charge in [-0.25, -0.2) is 0 Å². The fraction of sp³-hybridized carbons (Fsp3) is 1.00. The van der Waals surface area contributed by atoms with Gasteiger partial charge in [0.15, 0.2) is 0 Å². The Kier molecular flexibility index (Phi) is 2.02. The van der Waals surface area contributed by atoms with Crippen LogP contribution in [-0.2, 0) is 0 Å². The molecule has 0 aromatic rings. The van der Waals surface area contributed by atoms with Gasteiger partial charge in [0.05, 0.1) is 5.60 Å². The molecule has 0 heterocycles. The van der Waals surface area contributed by atoms with E-state index < -0.39 is 5.60 Å². The van der Waals surface area contributed by atoms with Gasteiger partial charge < -0.3 is 10.8 Å². The predicted molar refractivity (Wildman–Crippen MR) is 41.6 cm³/mol. The fourth-order valence-electron chi connectivity index (χ4n) is 1.36. The molecule has 1 aliphatic carbocycles. The second-order valence-corrected chi connectivity index (χ2v) is 3.64. The average Bonchev–Trinajstić information content (AvgIpc) is 1.57. The van der Waals surface area contributed by atoms with Crippen LogP contribution in [0.25, 0.3) is 0 Å². The van der Waals surface area contributed by atoms with Crippen LogP contribution in [0.1, 0.15) is 33.1 Å². The fourth-order valence-corrected chi connectivity index (χ4v) is 1.36. The summed E-state index contributed by atoms with van der Waals surface area (Å²) < 4.78 is 0. The molecule has 2 atom stereocenters. The SMILES string of the molecule is CC(N)C(C)(O)C1CCC1. The van der Waals surface area contributed by atoms with Gasteiger partial charge in [-0.1, -0.05) is 6.42 Å². The van der Waals surface area contributed by atoms with Gasteiger partial charge in [0, 0.05) is 6.04 Å². The lowest BCUT2D eigenvalue weighted by molar-refractivity contribution is -0.0502. The zero-order valence-electron chi connectivity index (χ0n) is 6.80. The highest BCUT2D eigenvalue weighted by molar-refractivity contribution is 4.92.